The van der Waals surface area contributed by atoms with Crippen LogP contribution in [0.1, 0.15) is 64.9 Å². The SMILES string of the molecule is C=C(/C=C\c1cc2ccccc2n1-c1ccccc1)c1ccc(N(c2ccc3c(c2)-c2ccccc2C3(c2ccccc2)c2ccccc2)C2C=C3C(=CC2)c2ccc(-c4ccc(-c5ccccc5)cc4)cc2C3(C)C)cc1. The topological polar surface area (TPSA) is 8.17 Å². The minimum absolute atomic E-state index is 0.0406. The highest BCUT2D eigenvalue weighted by Gasteiger charge is 2.47. The molecular weight excluding hydrogens is 941 g/mol. The van der Waals surface area contributed by atoms with E-state index in [9.17, 15) is 0 Å². The Labute approximate surface area is 458 Å². The highest BCUT2D eigenvalue weighted by atomic mass is 15.2. The monoisotopic (exact) mass is 998 g/mol. The summed E-state index contributed by atoms with van der Waals surface area (Å²) in [7, 11) is 0. The summed E-state index contributed by atoms with van der Waals surface area (Å²) in [5.41, 5.74) is 25.2. The van der Waals surface area contributed by atoms with Crippen LogP contribution in [0.2, 0.25) is 0 Å². The average Bonchev–Trinajstić information content (AvgIpc) is 4.32. The second kappa shape index (κ2) is 19.0. The van der Waals surface area contributed by atoms with Crippen molar-refractivity contribution in [3.05, 3.63) is 336 Å². The van der Waals surface area contributed by atoms with Crippen molar-refractivity contribution in [1.82, 2.24) is 4.57 Å². The molecule has 0 N–H and O–H groups in total. The summed E-state index contributed by atoms with van der Waals surface area (Å²) in [4.78, 5) is 2.59. The van der Waals surface area contributed by atoms with Crippen molar-refractivity contribution in [2.45, 2.75) is 37.1 Å². The standard InChI is InChI=1S/C76H58N2/c1-52(32-40-63-48-58-22-16-19-31-74(58)78(63)61-27-14-7-15-28-61)53-37-41-62(42-38-53)77(64-44-47-71-69(50-64)66-29-17-18-30-70(66)76(71,59-23-10-5-11-24-59)60-25-12-6-13-26-60)65-43-46-68-67-45-39-57(49-72(67)75(2,3)73(68)51-65)56-35-33-55(34-36-56)54-20-8-4-9-21-54/h4-42,44-51,65H,1,43H2,2-3H3/b40-32-. The number of benzene rings is 10. The van der Waals surface area contributed by atoms with Gasteiger partial charge in [-0.2, -0.15) is 0 Å². The van der Waals surface area contributed by atoms with Crippen LogP contribution in [-0.2, 0) is 10.8 Å². The first-order valence-electron chi connectivity index (χ1n) is 27.4. The molecule has 3 aliphatic carbocycles. The molecule has 11 aromatic rings. The molecule has 1 aromatic heterocycles. The average molecular weight is 999 g/mol. The highest BCUT2D eigenvalue weighted by molar-refractivity contribution is 5.94. The van der Waals surface area contributed by atoms with Crippen LogP contribution in [0.15, 0.2) is 291 Å². The lowest BCUT2D eigenvalue weighted by Gasteiger charge is -2.37. The molecule has 372 valence electrons. The zero-order chi connectivity index (χ0) is 52.4. The Kier molecular flexibility index (Phi) is 11.4. The Bertz CT molecular complexity index is 4130. The molecule has 0 spiro atoms. The third-order valence-electron chi connectivity index (χ3n) is 17.0. The maximum atomic E-state index is 4.63. The molecule has 1 atom stereocenters. The fourth-order valence-corrected chi connectivity index (χ4v) is 13.2. The van der Waals surface area contributed by atoms with E-state index in [-0.39, 0.29) is 11.5 Å². The minimum atomic E-state index is -0.477. The van der Waals surface area contributed by atoms with Crippen molar-refractivity contribution < 1.29 is 0 Å². The third-order valence-corrected chi connectivity index (χ3v) is 17.0. The van der Waals surface area contributed by atoms with Gasteiger partial charge >= 0.3 is 0 Å². The van der Waals surface area contributed by atoms with Gasteiger partial charge in [0.25, 0.3) is 0 Å². The molecule has 0 bridgehead atoms. The number of anilines is 2. The van der Waals surface area contributed by atoms with Gasteiger partial charge in [-0.15, -0.1) is 0 Å². The van der Waals surface area contributed by atoms with Gasteiger partial charge in [0.05, 0.1) is 17.0 Å². The lowest BCUT2D eigenvalue weighted by Crippen LogP contribution is -2.32. The molecule has 0 aliphatic heterocycles. The number of rotatable bonds is 11. The first kappa shape index (κ1) is 47.0. The molecule has 0 saturated carbocycles. The molecule has 2 nitrogen and oxygen atoms in total. The fourth-order valence-electron chi connectivity index (χ4n) is 13.2. The Morgan fingerprint density at radius 2 is 1.08 bits per heavy atom. The number of para-hydroxylation sites is 2. The van der Waals surface area contributed by atoms with Crippen LogP contribution in [0.3, 0.4) is 0 Å². The number of hydrogen-bond donors (Lipinski definition) is 0. The summed E-state index contributed by atoms with van der Waals surface area (Å²) in [5.74, 6) is 0. The van der Waals surface area contributed by atoms with E-state index in [1.54, 1.807) is 0 Å². The van der Waals surface area contributed by atoms with E-state index in [2.05, 4.69) is 315 Å². The van der Waals surface area contributed by atoms with Gasteiger partial charge in [-0.05, 0) is 156 Å². The van der Waals surface area contributed by atoms with Gasteiger partial charge in [-0.3, -0.25) is 0 Å². The van der Waals surface area contributed by atoms with Crippen LogP contribution in [0.25, 0.3) is 67.2 Å². The lowest BCUT2D eigenvalue weighted by atomic mass is 9.68. The first-order chi connectivity index (χ1) is 38.3. The minimum Gasteiger partial charge on any atom is -0.334 e. The second-order valence-corrected chi connectivity index (χ2v) is 21.7. The normalized spacial score (nSPS) is 15.5. The van der Waals surface area contributed by atoms with Crippen molar-refractivity contribution >= 4 is 39.5 Å². The zero-order valence-electron chi connectivity index (χ0n) is 44.0. The van der Waals surface area contributed by atoms with E-state index in [1.807, 2.05) is 0 Å². The molecule has 1 heterocycles. The van der Waals surface area contributed by atoms with Gasteiger partial charge < -0.3 is 9.47 Å². The molecule has 78 heavy (non-hydrogen) atoms. The molecule has 2 heteroatoms. The van der Waals surface area contributed by atoms with Crippen LogP contribution in [-0.4, -0.2) is 10.6 Å². The van der Waals surface area contributed by atoms with Gasteiger partial charge in [0.2, 0.25) is 0 Å². The van der Waals surface area contributed by atoms with Crippen molar-refractivity contribution in [3.63, 3.8) is 0 Å². The number of allylic oxidation sites excluding steroid dienone is 4. The quantitative estimate of drug-likeness (QED) is 0.117. The molecule has 0 fully saturated rings. The predicted molar refractivity (Wildman–Crippen MR) is 328 cm³/mol. The molecule has 0 amide bonds. The molecule has 10 aromatic carbocycles. The van der Waals surface area contributed by atoms with Crippen LogP contribution < -0.4 is 4.90 Å². The maximum Gasteiger partial charge on any atom is 0.0713 e. The number of hydrogen-bond acceptors (Lipinski definition) is 1. The van der Waals surface area contributed by atoms with Crippen molar-refractivity contribution in [2.24, 2.45) is 0 Å². The van der Waals surface area contributed by atoms with E-state index in [0.29, 0.717) is 0 Å². The highest BCUT2D eigenvalue weighted by Crippen LogP contribution is 2.58. The summed E-state index contributed by atoms with van der Waals surface area (Å²) < 4.78 is 2.32. The van der Waals surface area contributed by atoms with E-state index in [1.165, 1.54) is 88.8 Å². The lowest BCUT2D eigenvalue weighted by molar-refractivity contribution is 0.645. The summed E-state index contributed by atoms with van der Waals surface area (Å²) in [5, 5.41) is 1.20. The molecule has 0 saturated heterocycles. The molecule has 0 radical (unpaired) electrons. The summed E-state index contributed by atoms with van der Waals surface area (Å²) in [6, 6.07) is 95.9. The second-order valence-electron chi connectivity index (χ2n) is 21.7. The molecule has 3 aliphatic rings. The maximum absolute atomic E-state index is 4.63. The fraction of sp³-hybridized carbons (Fsp3) is 0.0789. The zero-order valence-corrected chi connectivity index (χ0v) is 44.0. The number of fused-ring (bicyclic) bond motifs is 7. The summed E-state index contributed by atoms with van der Waals surface area (Å²) in [6.07, 6.45) is 10.3. The van der Waals surface area contributed by atoms with Crippen LogP contribution in [0, 0.1) is 0 Å². The van der Waals surface area contributed by atoms with Crippen LogP contribution >= 0.6 is 0 Å². The van der Waals surface area contributed by atoms with Gasteiger partial charge in [-0.1, -0.05) is 245 Å². The van der Waals surface area contributed by atoms with Crippen molar-refractivity contribution in [1.29, 1.82) is 0 Å². The van der Waals surface area contributed by atoms with E-state index in [0.717, 1.165) is 40.3 Å². The largest absolute Gasteiger partial charge is 0.334 e. The van der Waals surface area contributed by atoms with Gasteiger partial charge in [0.15, 0.2) is 0 Å². The number of aromatic nitrogens is 1. The van der Waals surface area contributed by atoms with E-state index >= 15 is 0 Å². The van der Waals surface area contributed by atoms with Crippen LogP contribution in [0.4, 0.5) is 11.4 Å². The Balaban J connectivity index is 0.858. The Morgan fingerprint density at radius 1 is 0.500 bits per heavy atom. The molecular formula is C76H58N2. The third kappa shape index (κ3) is 7.70. The van der Waals surface area contributed by atoms with E-state index in [4.69, 9.17) is 0 Å². The van der Waals surface area contributed by atoms with Gasteiger partial charge in [0.1, 0.15) is 0 Å². The van der Waals surface area contributed by atoms with Gasteiger partial charge in [-0.25, -0.2) is 0 Å². The van der Waals surface area contributed by atoms with Crippen LogP contribution in [0.5, 0.6) is 0 Å². The Hall–Kier alpha value is -9.50. The molecule has 1 unspecified atom stereocenters. The van der Waals surface area contributed by atoms with Crippen molar-refractivity contribution in [2.75, 3.05) is 4.90 Å². The first-order valence-corrected chi connectivity index (χ1v) is 27.4. The number of nitrogens with zero attached hydrogens (tertiary/aromatic N) is 2. The van der Waals surface area contributed by atoms with E-state index < -0.39 is 5.41 Å². The summed E-state index contributed by atoms with van der Waals surface area (Å²) >= 11 is 0. The van der Waals surface area contributed by atoms with Crippen molar-refractivity contribution in [3.8, 4) is 39.1 Å². The van der Waals surface area contributed by atoms with Gasteiger partial charge in [0, 0.05) is 33.6 Å². The molecule has 14 rings (SSSR count). The summed E-state index contributed by atoms with van der Waals surface area (Å²) in [6.45, 7) is 9.46. The smallest absolute Gasteiger partial charge is 0.0713 e. The predicted octanol–water partition coefficient (Wildman–Crippen LogP) is 19.3. The Morgan fingerprint density at radius 3 is 1.79 bits per heavy atom.